The van der Waals surface area contributed by atoms with Gasteiger partial charge in [-0.05, 0) is 13.3 Å². The zero-order chi connectivity index (χ0) is 15.8. The van der Waals surface area contributed by atoms with Crippen LogP contribution in [-0.4, -0.2) is 19.8 Å². The fourth-order valence-electron chi connectivity index (χ4n) is 2.93. The van der Waals surface area contributed by atoms with Gasteiger partial charge in [0.1, 0.15) is 0 Å². The van der Waals surface area contributed by atoms with E-state index in [0.717, 1.165) is 46.3 Å². The lowest BCUT2D eigenvalue weighted by Crippen LogP contribution is -2.01. The smallest absolute Gasteiger partial charge is 0.185 e. The summed E-state index contributed by atoms with van der Waals surface area (Å²) in [7, 11) is 0. The molecule has 2 aromatic carbocycles. The molecular formula is C19H18N4. The van der Waals surface area contributed by atoms with Crippen LogP contribution in [0, 0.1) is 6.92 Å². The molecular weight excluding hydrogens is 284 g/mol. The molecule has 0 aliphatic rings. The minimum absolute atomic E-state index is 0.833. The van der Waals surface area contributed by atoms with E-state index >= 15 is 0 Å². The third-order valence-electron chi connectivity index (χ3n) is 4.13. The molecule has 0 saturated heterocycles. The SMILES string of the molecule is CCCc1nnc2c3ccccc3c(-c3ccc(C)cc3)nn12. The maximum absolute atomic E-state index is 4.87. The van der Waals surface area contributed by atoms with E-state index in [9.17, 15) is 0 Å². The van der Waals surface area contributed by atoms with Crippen LogP contribution in [0.5, 0.6) is 0 Å². The minimum Gasteiger partial charge on any atom is -0.196 e. The van der Waals surface area contributed by atoms with Crippen LogP contribution < -0.4 is 0 Å². The quantitative estimate of drug-likeness (QED) is 0.569. The van der Waals surface area contributed by atoms with E-state index in [-0.39, 0.29) is 0 Å². The molecule has 0 fully saturated rings. The molecule has 4 rings (SSSR count). The fraction of sp³-hybridized carbons (Fsp3) is 0.211. The Morgan fingerprint density at radius 2 is 1.65 bits per heavy atom. The number of hydrogen-bond acceptors (Lipinski definition) is 3. The Labute approximate surface area is 134 Å². The molecule has 4 heteroatoms. The Morgan fingerprint density at radius 3 is 2.39 bits per heavy atom. The van der Waals surface area contributed by atoms with Gasteiger partial charge < -0.3 is 0 Å². The molecule has 0 unspecified atom stereocenters. The molecule has 0 spiro atoms. The van der Waals surface area contributed by atoms with Crippen LogP contribution in [0.4, 0.5) is 0 Å². The topological polar surface area (TPSA) is 43.1 Å². The summed E-state index contributed by atoms with van der Waals surface area (Å²) in [6, 6.07) is 16.8. The van der Waals surface area contributed by atoms with Crippen molar-refractivity contribution < 1.29 is 0 Å². The average Bonchev–Trinajstić information content (AvgIpc) is 2.99. The summed E-state index contributed by atoms with van der Waals surface area (Å²) in [6.07, 6.45) is 1.90. The predicted octanol–water partition coefficient (Wildman–Crippen LogP) is 4.21. The molecule has 0 aliphatic heterocycles. The standard InChI is InChI=1S/C19H18N4/c1-3-6-17-20-21-19-16-8-5-4-7-15(16)18(22-23(17)19)14-11-9-13(2)10-12-14/h4-5,7-12H,3,6H2,1-2H3. The lowest BCUT2D eigenvalue weighted by Gasteiger charge is -2.08. The van der Waals surface area contributed by atoms with Gasteiger partial charge in [-0.1, -0.05) is 61.0 Å². The van der Waals surface area contributed by atoms with Gasteiger partial charge in [0.15, 0.2) is 11.5 Å². The third-order valence-corrected chi connectivity index (χ3v) is 4.13. The lowest BCUT2D eigenvalue weighted by molar-refractivity contribution is 0.774. The van der Waals surface area contributed by atoms with Crippen molar-refractivity contribution in [1.29, 1.82) is 0 Å². The fourth-order valence-corrected chi connectivity index (χ4v) is 2.93. The molecule has 0 amide bonds. The summed E-state index contributed by atoms with van der Waals surface area (Å²) in [5, 5.41) is 15.8. The van der Waals surface area contributed by atoms with Crippen LogP contribution in [0.2, 0.25) is 0 Å². The second-order valence-electron chi connectivity index (χ2n) is 5.86. The maximum Gasteiger partial charge on any atom is 0.185 e. The van der Waals surface area contributed by atoms with Crippen molar-refractivity contribution in [3.63, 3.8) is 0 Å². The highest BCUT2D eigenvalue weighted by molar-refractivity contribution is 6.01. The van der Waals surface area contributed by atoms with Gasteiger partial charge in [0, 0.05) is 22.8 Å². The van der Waals surface area contributed by atoms with Crippen molar-refractivity contribution in [1.82, 2.24) is 19.8 Å². The van der Waals surface area contributed by atoms with Gasteiger partial charge in [0.05, 0.1) is 5.69 Å². The van der Waals surface area contributed by atoms with E-state index in [1.807, 2.05) is 16.6 Å². The van der Waals surface area contributed by atoms with Crippen LogP contribution >= 0.6 is 0 Å². The number of aromatic nitrogens is 4. The Morgan fingerprint density at radius 1 is 0.913 bits per heavy atom. The molecule has 0 N–H and O–H groups in total. The van der Waals surface area contributed by atoms with Crippen molar-refractivity contribution in [3.8, 4) is 11.3 Å². The highest BCUT2D eigenvalue weighted by Crippen LogP contribution is 2.29. The summed E-state index contributed by atoms with van der Waals surface area (Å²) < 4.78 is 1.90. The van der Waals surface area contributed by atoms with Gasteiger partial charge >= 0.3 is 0 Å². The number of rotatable bonds is 3. The van der Waals surface area contributed by atoms with Crippen LogP contribution in [0.1, 0.15) is 24.7 Å². The number of fused-ring (bicyclic) bond motifs is 3. The highest BCUT2D eigenvalue weighted by Gasteiger charge is 2.14. The third kappa shape index (κ3) is 2.27. The summed E-state index contributed by atoms with van der Waals surface area (Å²) in [4.78, 5) is 0. The summed E-state index contributed by atoms with van der Waals surface area (Å²) in [5.41, 5.74) is 4.17. The molecule has 0 atom stereocenters. The van der Waals surface area contributed by atoms with Crippen molar-refractivity contribution in [2.24, 2.45) is 0 Å². The van der Waals surface area contributed by atoms with Gasteiger partial charge in [-0.25, -0.2) is 0 Å². The van der Waals surface area contributed by atoms with E-state index in [1.165, 1.54) is 5.56 Å². The highest BCUT2D eigenvalue weighted by atomic mass is 15.4. The van der Waals surface area contributed by atoms with Crippen LogP contribution in [0.15, 0.2) is 48.5 Å². The predicted molar refractivity (Wildman–Crippen MR) is 92.5 cm³/mol. The first-order chi connectivity index (χ1) is 11.3. The van der Waals surface area contributed by atoms with Crippen LogP contribution in [0.25, 0.3) is 27.7 Å². The van der Waals surface area contributed by atoms with Gasteiger partial charge in [-0.15, -0.1) is 10.2 Å². The summed E-state index contributed by atoms with van der Waals surface area (Å²) in [5.74, 6) is 0.918. The Hall–Kier alpha value is -2.75. The largest absolute Gasteiger partial charge is 0.196 e. The van der Waals surface area contributed by atoms with Gasteiger partial charge in [0.2, 0.25) is 0 Å². The first-order valence-corrected chi connectivity index (χ1v) is 7.98. The van der Waals surface area contributed by atoms with Gasteiger partial charge in [-0.2, -0.15) is 9.61 Å². The first kappa shape index (κ1) is 13.9. The molecule has 23 heavy (non-hydrogen) atoms. The zero-order valence-corrected chi connectivity index (χ0v) is 13.3. The second kappa shape index (κ2) is 5.47. The van der Waals surface area contributed by atoms with Crippen molar-refractivity contribution in [3.05, 3.63) is 59.9 Å². The molecule has 114 valence electrons. The molecule has 0 saturated carbocycles. The van der Waals surface area contributed by atoms with Crippen LogP contribution in [-0.2, 0) is 6.42 Å². The molecule has 4 aromatic rings. The van der Waals surface area contributed by atoms with E-state index in [1.54, 1.807) is 0 Å². The maximum atomic E-state index is 4.87. The molecule has 0 radical (unpaired) electrons. The lowest BCUT2D eigenvalue weighted by atomic mass is 10.0. The molecule has 4 nitrogen and oxygen atoms in total. The van der Waals surface area contributed by atoms with Crippen molar-refractivity contribution >= 4 is 16.4 Å². The number of aryl methyl sites for hydroxylation is 2. The molecule has 0 bridgehead atoms. The van der Waals surface area contributed by atoms with Crippen molar-refractivity contribution in [2.75, 3.05) is 0 Å². The van der Waals surface area contributed by atoms with Gasteiger partial charge in [0.25, 0.3) is 0 Å². The Balaban J connectivity index is 2.07. The van der Waals surface area contributed by atoms with E-state index in [4.69, 9.17) is 5.10 Å². The van der Waals surface area contributed by atoms with E-state index in [2.05, 4.69) is 60.4 Å². The van der Waals surface area contributed by atoms with E-state index < -0.39 is 0 Å². The average molecular weight is 302 g/mol. The number of nitrogens with zero attached hydrogens (tertiary/aromatic N) is 4. The molecule has 2 heterocycles. The normalized spacial score (nSPS) is 11.4. The zero-order valence-electron chi connectivity index (χ0n) is 13.3. The monoisotopic (exact) mass is 302 g/mol. The number of benzene rings is 2. The summed E-state index contributed by atoms with van der Waals surface area (Å²) in [6.45, 7) is 4.24. The molecule has 0 aliphatic carbocycles. The second-order valence-corrected chi connectivity index (χ2v) is 5.86. The minimum atomic E-state index is 0.833. The summed E-state index contributed by atoms with van der Waals surface area (Å²) >= 11 is 0. The Kier molecular flexibility index (Phi) is 3.30. The van der Waals surface area contributed by atoms with E-state index in [0.29, 0.717) is 0 Å². The van der Waals surface area contributed by atoms with Crippen molar-refractivity contribution in [2.45, 2.75) is 26.7 Å². The molecule has 2 aromatic heterocycles. The van der Waals surface area contributed by atoms with Crippen LogP contribution in [0.3, 0.4) is 0 Å². The van der Waals surface area contributed by atoms with Gasteiger partial charge in [-0.3, -0.25) is 0 Å². The number of hydrogen-bond donors (Lipinski definition) is 0. The first-order valence-electron chi connectivity index (χ1n) is 7.98. The Bertz CT molecular complexity index is 984.